The van der Waals surface area contributed by atoms with E-state index in [0.29, 0.717) is 13.1 Å². The molecular weight excluding hydrogens is 376 g/mol. The van der Waals surface area contributed by atoms with Crippen LogP contribution in [-0.4, -0.2) is 39.2 Å². The number of carbonyl (C=O) groups is 1. The third-order valence-electron chi connectivity index (χ3n) is 4.99. The summed E-state index contributed by atoms with van der Waals surface area (Å²) in [6.07, 6.45) is 3.76. The third kappa shape index (κ3) is 6.71. The van der Waals surface area contributed by atoms with Crippen molar-refractivity contribution in [3.05, 3.63) is 54.1 Å². The number of alkyl halides is 2. The fourth-order valence-corrected chi connectivity index (χ4v) is 3.59. The second-order valence-corrected chi connectivity index (χ2v) is 7.48. The molecule has 1 atom stereocenters. The summed E-state index contributed by atoms with van der Waals surface area (Å²) in [6.45, 7) is 0.274. The predicted molar refractivity (Wildman–Crippen MR) is 110 cm³/mol. The van der Waals surface area contributed by atoms with Crippen LogP contribution in [0.15, 0.2) is 48.5 Å². The number of quaternary nitrogens is 1. The van der Waals surface area contributed by atoms with E-state index in [4.69, 9.17) is 0 Å². The molecule has 1 aliphatic rings. The molecule has 1 aliphatic heterocycles. The van der Waals surface area contributed by atoms with Gasteiger partial charge in [-0.25, -0.2) is 0 Å². The van der Waals surface area contributed by atoms with Crippen molar-refractivity contribution in [1.29, 1.82) is 0 Å². The number of piperidine rings is 1. The lowest BCUT2D eigenvalue weighted by Crippen LogP contribution is -3.08. The maximum absolute atomic E-state index is 12.3. The van der Waals surface area contributed by atoms with Crippen LogP contribution in [0.3, 0.4) is 0 Å². The van der Waals surface area contributed by atoms with Crippen molar-refractivity contribution >= 4 is 17.3 Å². The van der Waals surface area contributed by atoms with E-state index >= 15 is 0 Å². The van der Waals surface area contributed by atoms with Crippen LogP contribution in [0.1, 0.15) is 24.8 Å². The topological polar surface area (TPSA) is 46.0 Å². The summed E-state index contributed by atoms with van der Waals surface area (Å²) in [5, 5.41) is 2.94. The zero-order valence-electron chi connectivity index (χ0n) is 16.7. The molecule has 0 spiro atoms. The highest BCUT2D eigenvalue weighted by molar-refractivity contribution is 5.91. The molecular formula is C22H28F2N3O2+. The molecule has 1 saturated heterocycles. The van der Waals surface area contributed by atoms with E-state index in [1.807, 2.05) is 19.2 Å². The van der Waals surface area contributed by atoms with Crippen molar-refractivity contribution in [2.75, 3.05) is 36.9 Å². The van der Waals surface area contributed by atoms with Crippen LogP contribution in [0.5, 0.6) is 5.75 Å². The molecule has 7 heteroatoms. The van der Waals surface area contributed by atoms with Crippen molar-refractivity contribution in [1.82, 2.24) is 0 Å². The zero-order valence-corrected chi connectivity index (χ0v) is 16.7. The van der Waals surface area contributed by atoms with Gasteiger partial charge in [0, 0.05) is 30.0 Å². The molecule has 1 unspecified atom stereocenters. The molecule has 0 saturated carbocycles. The van der Waals surface area contributed by atoms with Gasteiger partial charge in [0.15, 0.2) is 6.54 Å². The van der Waals surface area contributed by atoms with Crippen molar-refractivity contribution in [3.63, 3.8) is 0 Å². The number of ether oxygens (including phenoxy) is 1. The second kappa shape index (κ2) is 10.2. The first-order valence-corrected chi connectivity index (χ1v) is 9.99. The molecule has 1 heterocycles. The standard InChI is InChI=1S/C22H27F2N3O2/c1-26(15-17-5-11-20(12-6-17)29-22(23)24)16-21(28)25-18-7-9-19(10-8-18)27-13-3-2-4-14-27/h5-12,22H,2-4,13-16H2,1H3,(H,25,28)/p+1. The monoisotopic (exact) mass is 404 g/mol. The van der Waals surface area contributed by atoms with E-state index in [1.54, 1.807) is 12.1 Å². The summed E-state index contributed by atoms with van der Waals surface area (Å²) in [4.78, 5) is 15.7. The largest absolute Gasteiger partial charge is 0.435 e. The number of rotatable bonds is 8. The Labute approximate surface area is 170 Å². The number of amides is 1. The number of hydrogen-bond donors (Lipinski definition) is 2. The van der Waals surface area contributed by atoms with Crippen molar-refractivity contribution < 1.29 is 23.2 Å². The van der Waals surface area contributed by atoms with Crippen LogP contribution in [0.4, 0.5) is 20.2 Å². The molecule has 2 aromatic rings. The molecule has 2 N–H and O–H groups in total. The van der Waals surface area contributed by atoms with Gasteiger partial charge >= 0.3 is 6.61 Å². The van der Waals surface area contributed by atoms with Crippen LogP contribution in [0.2, 0.25) is 0 Å². The first-order chi connectivity index (χ1) is 14.0. The maximum Gasteiger partial charge on any atom is 0.387 e. The minimum atomic E-state index is -2.83. The van der Waals surface area contributed by atoms with Gasteiger partial charge < -0.3 is 19.9 Å². The van der Waals surface area contributed by atoms with Crippen LogP contribution < -0.4 is 19.9 Å². The van der Waals surface area contributed by atoms with Crippen molar-refractivity contribution in [2.24, 2.45) is 0 Å². The lowest BCUT2D eigenvalue weighted by atomic mass is 10.1. The average molecular weight is 404 g/mol. The van der Waals surface area contributed by atoms with Gasteiger partial charge in [-0.15, -0.1) is 0 Å². The van der Waals surface area contributed by atoms with E-state index in [1.165, 1.54) is 37.1 Å². The Morgan fingerprint density at radius 1 is 1.07 bits per heavy atom. The van der Waals surface area contributed by atoms with Gasteiger partial charge in [-0.2, -0.15) is 8.78 Å². The minimum Gasteiger partial charge on any atom is -0.435 e. The zero-order chi connectivity index (χ0) is 20.6. The second-order valence-electron chi connectivity index (χ2n) is 7.48. The van der Waals surface area contributed by atoms with Crippen molar-refractivity contribution in [2.45, 2.75) is 32.4 Å². The van der Waals surface area contributed by atoms with Crippen LogP contribution >= 0.6 is 0 Å². The molecule has 3 rings (SSSR count). The minimum absolute atomic E-state index is 0.0640. The molecule has 0 aromatic heterocycles. The fraction of sp³-hybridized carbons (Fsp3) is 0.409. The number of nitrogens with one attached hydrogen (secondary N) is 2. The normalized spacial score (nSPS) is 15.2. The van der Waals surface area contributed by atoms with E-state index in [2.05, 4.69) is 27.1 Å². The number of anilines is 2. The number of halogens is 2. The Morgan fingerprint density at radius 3 is 2.34 bits per heavy atom. The van der Waals surface area contributed by atoms with Crippen LogP contribution in [0.25, 0.3) is 0 Å². The lowest BCUT2D eigenvalue weighted by molar-refractivity contribution is -0.885. The van der Waals surface area contributed by atoms with Gasteiger partial charge in [0.2, 0.25) is 0 Å². The van der Waals surface area contributed by atoms with Gasteiger partial charge in [-0.1, -0.05) is 0 Å². The predicted octanol–water partition coefficient (Wildman–Crippen LogP) is 2.93. The molecule has 29 heavy (non-hydrogen) atoms. The Balaban J connectivity index is 1.45. The first-order valence-electron chi connectivity index (χ1n) is 9.99. The van der Waals surface area contributed by atoms with Crippen LogP contribution in [-0.2, 0) is 11.3 Å². The molecule has 1 amide bonds. The number of hydrogen-bond acceptors (Lipinski definition) is 3. The summed E-state index contributed by atoms with van der Waals surface area (Å²) in [7, 11) is 1.92. The summed E-state index contributed by atoms with van der Waals surface area (Å²) in [6, 6.07) is 14.5. The van der Waals surface area contributed by atoms with E-state index in [9.17, 15) is 13.6 Å². The molecule has 1 fully saturated rings. The number of benzene rings is 2. The highest BCUT2D eigenvalue weighted by atomic mass is 19.3. The maximum atomic E-state index is 12.3. The Bertz CT molecular complexity index is 776. The van der Waals surface area contributed by atoms with Gasteiger partial charge in [-0.05, 0) is 67.8 Å². The Hall–Kier alpha value is -2.67. The highest BCUT2D eigenvalue weighted by Gasteiger charge is 2.13. The Kier molecular flexibility index (Phi) is 7.41. The third-order valence-corrected chi connectivity index (χ3v) is 4.99. The van der Waals surface area contributed by atoms with Gasteiger partial charge in [0.05, 0.1) is 7.05 Å². The number of carbonyl (C=O) groups excluding carboxylic acids is 1. The molecule has 0 aliphatic carbocycles. The smallest absolute Gasteiger partial charge is 0.387 e. The first kappa shape index (κ1) is 21.0. The summed E-state index contributed by atoms with van der Waals surface area (Å²) in [5.41, 5.74) is 2.93. The number of nitrogens with zero attached hydrogens (tertiary/aromatic N) is 1. The quantitative estimate of drug-likeness (QED) is 0.711. The molecule has 2 aromatic carbocycles. The summed E-state index contributed by atoms with van der Waals surface area (Å²) >= 11 is 0. The molecule has 0 bridgehead atoms. The Morgan fingerprint density at radius 2 is 1.72 bits per heavy atom. The van der Waals surface area contributed by atoms with Gasteiger partial charge in [-0.3, -0.25) is 4.79 Å². The van der Waals surface area contributed by atoms with Crippen LogP contribution in [0, 0.1) is 0 Å². The van der Waals surface area contributed by atoms with E-state index < -0.39 is 6.61 Å². The van der Waals surface area contributed by atoms with Gasteiger partial charge in [0.1, 0.15) is 12.3 Å². The van der Waals surface area contributed by atoms with Crippen molar-refractivity contribution in [3.8, 4) is 5.75 Å². The average Bonchev–Trinajstić information content (AvgIpc) is 2.70. The van der Waals surface area contributed by atoms with Gasteiger partial charge in [0.25, 0.3) is 5.91 Å². The fourth-order valence-electron chi connectivity index (χ4n) is 3.59. The molecule has 156 valence electrons. The van der Waals surface area contributed by atoms with E-state index in [0.717, 1.165) is 29.2 Å². The molecule has 5 nitrogen and oxygen atoms in total. The molecule has 0 radical (unpaired) electrons. The van der Waals surface area contributed by atoms with E-state index in [-0.39, 0.29) is 11.7 Å². The summed E-state index contributed by atoms with van der Waals surface area (Å²) in [5.74, 6) is 0.0676. The highest BCUT2D eigenvalue weighted by Crippen LogP contribution is 2.21. The summed E-state index contributed by atoms with van der Waals surface area (Å²) < 4.78 is 28.7. The SMILES string of the molecule is C[NH+](CC(=O)Nc1ccc(N2CCCCC2)cc1)Cc1ccc(OC(F)F)cc1. The lowest BCUT2D eigenvalue weighted by Gasteiger charge is -2.28. The number of likely N-dealkylation sites (N-methyl/N-ethyl adjacent to an activating group) is 1.